The van der Waals surface area contributed by atoms with Crippen LogP contribution in [-0.2, 0) is 14.5 Å². The first-order valence-electron chi connectivity index (χ1n) is 1.73. The van der Waals surface area contributed by atoms with Crippen molar-refractivity contribution in [2.45, 2.75) is 0 Å². The van der Waals surface area contributed by atoms with Crippen LogP contribution in [0.3, 0.4) is 0 Å². The Balaban J connectivity index is 4.40. The molecule has 0 spiro atoms. The lowest BCUT2D eigenvalue weighted by Gasteiger charge is -1.88. The predicted molar refractivity (Wildman–Crippen MR) is 29.3 cm³/mol. The van der Waals surface area contributed by atoms with Crippen molar-refractivity contribution in [3.05, 3.63) is 23.3 Å². The van der Waals surface area contributed by atoms with Crippen LogP contribution in [0.15, 0.2) is 17.4 Å². The minimum absolute atomic E-state index is 0.657. The quantitative estimate of drug-likeness (QED) is 0.256. The molecular formula is C2H3N3O3S. The van der Waals surface area contributed by atoms with Crippen molar-refractivity contribution in [3.8, 4) is 0 Å². The van der Waals surface area contributed by atoms with Gasteiger partial charge in [-0.1, -0.05) is 6.58 Å². The summed E-state index contributed by atoms with van der Waals surface area (Å²) in [5, 5.41) is 0. The van der Waals surface area contributed by atoms with Crippen LogP contribution < -0.4 is 0 Å². The second-order valence-corrected chi connectivity index (χ2v) is 2.07. The molecule has 0 aliphatic carbocycles. The van der Waals surface area contributed by atoms with Crippen LogP contribution in [0, 0.1) is 0 Å². The molecule has 9 heavy (non-hydrogen) atoms. The van der Waals surface area contributed by atoms with Crippen LogP contribution in [0.5, 0.6) is 0 Å². The van der Waals surface area contributed by atoms with Crippen molar-refractivity contribution >= 4 is 10.3 Å². The normalized spacial score (nSPS) is 9.33. The molecule has 0 rings (SSSR count). The van der Waals surface area contributed by atoms with Gasteiger partial charge in [-0.05, 0) is 5.53 Å². The Morgan fingerprint density at radius 2 is 2.33 bits per heavy atom. The van der Waals surface area contributed by atoms with Gasteiger partial charge in [-0.3, -0.25) is 0 Å². The molecule has 6 nitrogen and oxygen atoms in total. The molecular weight excluding hydrogens is 146 g/mol. The third-order valence-corrected chi connectivity index (χ3v) is 0.978. The lowest BCUT2D eigenvalue weighted by atomic mass is 11.2. The smallest absolute Gasteiger partial charge is 0.385 e. The largest absolute Gasteiger partial charge is 0.402 e. The minimum atomic E-state index is -4.09. The molecule has 0 aliphatic heterocycles. The summed E-state index contributed by atoms with van der Waals surface area (Å²) in [6, 6.07) is 0. The fraction of sp³-hybridized carbons (Fsp3) is 0. The Hall–Kier alpha value is -1.20. The first kappa shape index (κ1) is 7.80. The van der Waals surface area contributed by atoms with Gasteiger partial charge in [-0.25, -0.2) is 0 Å². The van der Waals surface area contributed by atoms with Gasteiger partial charge in [-0.15, -0.1) is 0 Å². The Morgan fingerprint density at radius 1 is 1.78 bits per heavy atom. The van der Waals surface area contributed by atoms with Gasteiger partial charge in [0, 0.05) is 4.91 Å². The number of azide groups is 1. The van der Waals surface area contributed by atoms with Gasteiger partial charge >= 0.3 is 10.3 Å². The molecule has 0 N–H and O–H groups in total. The first-order valence-corrected chi connectivity index (χ1v) is 3.09. The number of hydrogen-bond donors (Lipinski definition) is 0. The summed E-state index contributed by atoms with van der Waals surface area (Å²) in [5.41, 5.74) is 7.59. The van der Waals surface area contributed by atoms with Crippen molar-refractivity contribution in [2.75, 3.05) is 0 Å². The fourth-order valence-electron chi connectivity index (χ4n) is 0.150. The molecule has 0 aromatic carbocycles. The minimum Gasteiger partial charge on any atom is -0.385 e. The molecule has 50 valence electrons. The highest BCUT2D eigenvalue weighted by atomic mass is 32.2. The number of hydrogen-bond acceptors (Lipinski definition) is 3. The monoisotopic (exact) mass is 149 g/mol. The third-order valence-electron chi connectivity index (χ3n) is 0.326. The molecule has 0 atom stereocenters. The van der Waals surface area contributed by atoms with Crippen LogP contribution in [0.2, 0.25) is 0 Å². The molecule has 0 amide bonds. The average molecular weight is 149 g/mol. The van der Waals surface area contributed by atoms with Gasteiger partial charge in [0.1, 0.15) is 0 Å². The van der Waals surface area contributed by atoms with Gasteiger partial charge < -0.3 is 4.18 Å². The zero-order chi connectivity index (χ0) is 7.33. The molecule has 0 heterocycles. The van der Waals surface area contributed by atoms with E-state index in [1.54, 1.807) is 0 Å². The third kappa shape index (κ3) is 3.39. The van der Waals surface area contributed by atoms with E-state index in [0.29, 0.717) is 6.26 Å². The Morgan fingerprint density at radius 3 is 2.67 bits per heavy atom. The Kier molecular flexibility index (Phi) is 2.56. The van der Waals surface area contributed by atoms with E-state index in [1.165, 1.54) is 0 Å². The van der Waals surface area contributed by atoms with E-state index in [-0.39, 0.29) is 0 Å². The van der Waals surface area contributed by atoms with E-state index in [0.717, 1.165) is 0 Å². The van der Waals surface area contributed by atoms with Crippen LogP contribution in [-0.4, -0.2) is 8.42 Å². The van der Waals surface area contributed by atoms with Crippen LogP contribution in [0.4, 0.5) is 0 Å². The summed E-state index contributed by atoms with van der Waals surface area (Å²) in [5.74, 6) is 0. The Bertz CT molecular complexity index is 236. The molecule has 0 radical (unpaired) electrons. The van der Waals surface area contributed by atoms with Crippen molar-refractivity contribution in [1.82, 2.24) is 0 Å². The molecule has 0 bridgehead atoms. The van der Waals surface area contributed by atoms with E-state index in [2.05, 4.69) is 15.3 Å². The SMILES string of the molecule is C=COS(=O)(=O)N=[N+]=[N-]. The summed E-state index contributed by atoms with van der Waals surface area (Å²) >= 11 is 0. The second-order valence-electron chi connectivity index (χ2n) is 0.862. The topological polar surface area (TPSA) is 92.1 Å². The fourth-order valence-corrected chi connectivity index (χ4v) is 0.450. The van der Waals surface area contributed by atoms with Crippen molar-refractivity contribution < 1.29 is 12.6 Å². The highest BCUT2D eigenvalue weighted by Crippen LogP contribution is 1.93. The molecule has 0 saturated carbocycles. The average Bonchev–Trinajstić information content (AvgIpc) is 1.64. The second kappa shape index (κ2) is 2.95. The summed E-state index contributed by atoms with van der Waals surface area (Å²) in [4.78, 5) is 1.99. The van der Waals surface area contributed by atoms with Gasteiger partial charge in [0.25, 0.3) is 0 Å². The molecule has 0 aromatic rings. The summed E-state index contributed by atoms with van der Waals surface area (Å²) in [6.45, 7) is 2.94. The first-order chi connectivity index (χ1) is 4.12. The van der Waals surface area contributed by atoms with Crippen molar-refractivity contribution in [2.24, 2.45) is 4.52 Å². The lowest BCUT2D eigenvalue weighted by Crippen LogP contribution is -1.93. The van der Waals surface area contributed by atoms with Crippen LogP contribution in [0.25, 0.3) is 10.4 Å². The number of nitrogens with zero attached hydrogens (tertiary/aromatic N) is 3. The highest BCUT2D eigenvalue weighted by Gasteiger charge is 2.02. The molecule has 0 aliphatic rings. The summed E-state index contributed by atoms with van der Waals surface area (Å²) in [7, 11) is -4.09. The van der Waals surface area contributed by atoms with Crippen molar-refractivity contribution in [3.63, 3.8) is 0 Å². The van der Waals surface area contributed by atoms with Gasteiger partial charge in [0.05, 0.1) is 10.8 Å². The van der Waals surface area contributed by atoms with Crippen molar-refractivity contribution in [1.29, 1.82) is 0 Å². The van der Waals surface area contributed by atoms with E-state index in [1.807, 2.05) is 4.91 Å². The molecule has 0 aromatic heterocycles. The highest BCUT2D eigenvalue weighted by molar-refractivity contribution is 7.85. The predicted octanol–water partition coefficient (Wildman–Crippen LogP) is 0.702. The standard InChI is InChI=1S/C2H3N3O3S/c1-2-8-9(6,7)5-4-3/h2H,1H2. The maximum atomic E-state index is 10.1. The zero-order valence-electron chi connectivity index (χ0n) is 4.26. The van der Waals surface area contributed by atoms with Crippen LogP contribution >= 0.6 is 0 Å². The maximum Gasteiger partial charge on any atom is 0.402 e. The van der Waals surface area contributed by atoms with E-state index in [9.17, 15) is 8.42 Å². The lowest BCUT2D eigenvalue weighted by molar-refractivity contribution is 0.446. The van der Waals surface area contributed by atoms with Crippen LogP contribution in [0.1, 0.15) is 0 Å². The maximum absolute atomic E-state index is 10.1. The van der Waals surface area contributed by atoms with Gasteiger partial charge in [0.15, 0.2) is 0 Å². The van der Waals surface area contributed by atoms with E-state index in [4.69, 9.17) is 5.53 Å². The molecule has 7 heteroatoms. The molecule has 0 saturated heterocycles. The van der Waals surface area contributed by atoms with Gasteiger partial charge in [0.2, 0.25) is 0 Å². The summed E-state index contributed by atoms with van der Waals surface area (Å²) < 4.78 is 26.3. The molecule has 0 unspecified atom stereocenters. The molecule has 0 fully saturated rings. The van der Waals surface area contributed by atoms with E-state index >= 15 is 0 Å². The Labute approximate surface area is 51.6 Å². The summed E-state index contributed by atoms with van der Waals surface area (Å²) in [6.07, 6.45) is 0.657. The number of rotatable bonds is 3. The van der Waals surface area contributed by atoms with Gasteiger partial charge in [-0.2, -0.15) is 8.42 Å². The zero-order valence-corrected chi connectivity index (χ0v) is 5.08. The van der Waals surface area contributed by atoms with E-state index < -0.39 is 10.3 Å².